The van der Waals surface area contributed by atoms with Gasteiger partial charge < -0.3 is 14.8 Å². The van der Waals surface area contributed by atoms with E-state index in [1.54, 1.807) is 22.9 Å². The van der Waals surface area contributed by atoms with E-state index in [-0.39, 0.29) is 17.4 Å². The molecule has 9 nitrogen and oxygen atoms in total. The fourth-order valence-corrected chi connectivity index (χ4v) is 4.85. The molecular weight excluding hydrogens is 444 g/mol. The topological polar surface area (TPSA) is 103 Å². The highest BCUT2D eigenvalue weighted by Gasteiger charge is 2.26. The summed E-state index contributed by atoms with van der Waals surface area (Å²) in [5, 5.41) is 7.26. The van der Waals surface area contributed by atoms with Crippen molar-refractivity contribution in [1.29, 1.82) is 0 Å². The first kappa shape index (κ1) is 23.0. The summed E-state index contributed by atoms with van der Waals surface area (Å²) >= 11 is 0. The largest absolute Gasteiger partial charge is 0.484 e. The molecule has 1 aliphatic rings. The van der Waals surface area contributed by atoms with Crippen LogP contribution in [-0.2, 0) is 19.6 Å². The maximum atomic E-state index is 12.7. The Morgan fingerprint density at radius 1 is 1.06 bits per heavy atom. The Morgan fingerprint density at radius 3 is 2.39 bits per heavy atom. The van der Waals surface area contributed by atoms with Gasteiger partial charge >= 0.3 is 0 Å². The van der Waals surface area contributed by atoms with Crippen molar-refractivity contribution >= 4 is 21.7 Å². The molecule has 0 atom stereocenters. The number of amides is 1. The van der Waals surface area contributed by atoms with Gasteiger partial charge in [0.25, 0.3) is 5.91 Å². The molecule has 1 N–H and O–H groups in total. The number of hydrogen-bond donors (Lipinski definition) is 1. The van der Waals surface area contributed by atoms with Gasteiger partial charge in [-0.05, 0) is 50.2 Å². The lowest BCUT2D eigenvalue weighted by Gasteiger charge is -2.26. The smallest absolute Gasteiger partial charge is 0.263 e. The molecule has 0 bridgehead atoms. The van der Waals surface area contributed by atoms with Crippen LogP contribution in [0, 0.1) is 13.8 Å². The molecule has 0 radical (unpaired) electrons. The van der Waals surface area contributed by atoms with Gasteiger partial charge in [0, 0.05) is 19.2 Å². The van der Waals surface area contributed by atoms with Gasteiger partial charge in [-0.3, -0.25) is 4.79 Å². The van der Waals surface area contributed by atoms with Crippen molar-refractivity contribution < 1.29 is 22.7 Å². The van der Waals surface area contributed by atoms with Crippen LogP contribution in [0.3, 0.4) is 0 Å². The number of hydrogen-bond acceptors (Lipinski definition) is 6. The SMILES string of the molecule is Cc1ccc(-n2nc(C)cc2NC(=O)COc2ccc(S(=O)(=O)N3CCOCC3)cc2)cc1. The molecule has 0 unspecified atom stereocenters. The van der Waals surface area contributed by atoms with E-state index in [4.69, 9.17) is 9.47 Å². The van der Waals surface area contributed by atoms with E-state index in [0.717, 1.165) is 16.9 Å². The van der Waals surface area contributed by atoms with Crippen molar-refractivity contribution in [1.82, 2.24) is 14.1 Å². The van der Waals surface area contributed by atoms with Crippen LogP contribution in [0.25, 0.3) is 5.69 Å². The van der Waals surface area contributed by atoms with Gasteiger partial charge in [0.05, 0.1) is 29.5 Å². The molecule has 0 aliphatic carbocycles. The minimum Gasteiger partial charge on any atom is -0.484 e. The Morgan fingerprint density at radius 2 is 1.73 bits per heavy atom. The van der Waals surface area contributed by atoms with Crippen molar-refractivity contribution in [3.05, 3.63) is 65.9 Å². The third-order valence-corrected chi connectivity index (χ3v) is 7.09. The Bertz CT molecular complexity index is 1210. The van der Waals surface area contributed by atoms with Gasteiger partial charge in [-0.25, -0.2) is 13.1 Å². The third kappa shape index (κ3) is 5.41. The number of sulfonamides is 1. The van der Waals surface area contributed by atoms with Crippen LogP contribution >= 0.6 is 0 Å². The van der Waals surface area contributed by atoms with Gasteiger partial charge in [0.1, 0.15) is 11.6 Å². The highest BCUT2D eigenvalue weighted by molar-refractivity contribution is 7.89. The predicted molar refractivity (Wildman–Crippen MR) is 123 cm³/mol. The summed E-state index contributed by atoms with van der Waals surface area (Å²) in [5.74, 6) is 0.583. The van der Waals surface area contributed by atoms with Crippen molar-refractivity contribution in [2.24, 2.45) is 0 Å². The lowest BCUT2D eigenvalue weighted by atomic mass is 10.2. The number of morpholine rings is 1. The molecule has 3 aromatic rings. The summed E-state index contributed by atoms with van der Waals surface area (Å²) in [4.78, 5) is 12.7. The molecule has 10 heteroatoms. The minimum absolute atomic E-state index is 0.179. The van der Waals surface area contributed by atoms with E-state index >= 15 is 0 Å². The number of aromatic nitrogens is 2. The molecule has 33 heavy (non-hydrogen) atoms. The van der Waals surface area contributed by atoms with E-state index in [2.05, 4.69) is 10.4 Å². The van der Waals surface area contributed by atoms with Crippen LogP contribution in [0.15, 0.2) is 59.5 Å². The summed E-state index contributed by atoms with van der Waals surface area (Å²) in [6, 6.07) is 15.6. The van der Waals surface area contributed by atoms with E-state index in [9.17, 15) is 13.2 Å². The number of aryl methyl sites for hydroxylation is 2. The molecule has 1 amide bonds. The maximum absolute atomic E-state index is 12.7. The fraction of sp³-hybridized carbons (Fsp3) is 0.304. The zero-order chi connectivity index (χ0) is 23.4. The quantitative estimate of drug-likeness (QED) is 0.569. The van der Waals surface area contributed by atoms with Gasteiger partial charge in [-0.2, -0.15) is 9.40 Å². The number of anilines is 1. The number of nitrogens with one attached hydrogen (secondary N) is 1. The first-order chi connectivity index (χ1) is 15.8. The summed E-state index contributed by atoms with van der Waals surface area (Å²) in [6.07, 6.45) is 0. The fourth-order valence-electron chi connectivity index (χ4n) is 3.44. The lowest BCUT2D eigenvalue weighted by molar-refractivity contribution is -0.118. The van der Waals surface area contributed by atoms with Gasteiger partial charge in [-0.1, -0.05) is 17.7 Å². The van der Waals surface area contributed by atoms with Crippen molar-refractivity contribution in [2.75, 3.05) is 38.2 Å². The van der Waals surface area contributed by atoms with Crippen LogP contribution in [0.1, 0.15) is 11.3 Å². The van der Waals surface area contributed by atoms with E-state index in [1.807, 2.05) is 38.1 Å². The highest BCUT2D eigenvalue weighted by Crippen LogP contribution is 2.21. The molecule has 1 saturated heterocycles. The van der Waals surface area contributed by atoms with Crippen molar-refractivity contribution in [2.45, 2.75) is 18.7 Å². The summed E-state index contributed by atoms with van der Waals surface area (Å²) in [5.41, 5.74) is 2.73. The molecule has 2 heterocycles. The van der Waals surface area contributed by atoms with E-state index in [1.165, 1.54) is 16.4 Å². The third-order valence-electron chi connectivity index (χ3n) is 5.18. The Balaban J connectivity index is 1.37. The molecule has 1 aliphatic heterocycles. The maximum Gasteiger partial charge on any atom is 0.263 e. The first-order valence-corrected chi connectivity index (χ1v) is 12.0. The standard InChI is InChI=1S/C23H26N4O5S/c1-17-3-5-19(6-4-17)27-22(15-18(2)25-27)24-23(28)16-32-20-7-9-21(10-8-20)33(29,30)26-11-13-31-14-12-26/h3-10,15H,11-14,16H2,1-2H3,(H,24,28). The molecule has 0 saturated carbocycles. The second-order valence-corrected chi connectivity index (χ2v) is 9.68. The average molecular weight is 471 g/mol. The number of carbonyl (C=O) groups is 1. The molecule has 1 aromatic heterocycles. The van der Waals surface area contributed by atoms with Crippen LogP contribution in [0.4, 0.5) is 5.82 Å². The van der Waals surface area contributed by atoms with E-state index in [0.29, 0.717) is 37.9 Å². The predicted octanol–water partition coefficient (Wildman–Crippen LogP) is 2.53. The first-order valence-electron chi connectivity index (χ1n) is 10.6. The molecule has 2 aromatic carbocycles. The normalized spacial score (nSPS) is 14.7. The number of ether oxygens (including phenoxy) is 2. The van der Waals surface area contributed by atoms with Crippen molar-refractivity contribution in [3.63, 3.8) is 0 Å². The van der Waals surface area contributed by atoms with E-state index < -0.39 is 10.0 Å². The lowest BCUT2D eigenvalue weighted by Crippen LogP contribution is -2.40. The van der Waals surface area contributed by atoms with Crippen LogP contribution < -0.4 is 10.1 Å². The monoisotopic (exact) mass is 470 g/mol. The Kier molecular flexibility index (Phi) is 6.77. The number of carbonyl (C=O) groups excluding carboxylic acids is 1. The summed E-state index contributed by atoms with van der Waals surface area (Å²) in [6.45, 7) is 5.06. The van der Waals surface area contributed by atoms with Crippen LogP contribution in [-0.4, -0.2) is 61.3 Å². The second-order valence-electron chi connectivity index (χ2n) is 7.74. The average Bonchev–Trinajstić information content (AvgIpc) is 3.18. The zero-order valence-corrected chi connectivity index (χ0v) is 19.3. The Hall–Kier alpha value is -3.21. The zero-order valence-electron chi connectivity index (χ0n) is 18.5. The van der Waals surface area contributed by atoms with Crippen molar-refractivity contribution in [3.8, 4) is 11.4 Å². The highest BCUT2D eigenvalue weighted by atomic mass is 32.2. The molecule has 4 rings (SSSR count). The molecular formula is C23H26N4O5S. The number of nitrogens with zero attached hydrogens (tertiary/aromatic N) is 3. The van der Waals surface area contributed by atoms with Crippen LogP contribution in [0.5, 0.6) is 5.75 Å². The molecule has 174 valence electrons. The van der Waals surface area contributed by atoms with Gasteiger partial charge in [-0.15, -0.1) is 0 Å². The molecule has 0 spiro atoms. The number of rotatable bonds is 7. The summed E-state index contributed by atoms with van der Waals surface area (Å²) < 4.78 is 39.2. The summed E-state index contributed by atoms with van der Waals surface area (Å²) in [7, 11) is -3.57. The second kappa shape index (κ2) is 9.74. The minimum atomic E-state index is -3.57. The van der Waals surface area contributed by atoms with Crippen LogP contribution in [0.2, 0.25) is 0 Å². The number of benzene rings is 2. The Labute approximate surface area is 193 Å². The van der Waals surface area contributed by atoms with Gasteiger partial charge in [0.15, 0.2) is 6.61 Å². The molecule has 1 fully saturated rings. The van der Waals surface area contributed by atoms with Gasteiger partial charge in [0.2, 0.25) is 10.0 Å².